The highest BCUT2D eigenvalue weighted by atomic mass is 15.2. The number of hydrogen-bond acceptors (Lipinski definition) is 2. The summed E-state index contributed by atoms with van der Waals surface area (Å²) in [5, 5.41) is 3.53. The van der Waals surface area contributed by atoms with Crippen molar-refractivity contribution in [3.63, 3.8) is 0 Å². The smallest absolute Gasteiger partial charge is 0.0478 e. The van der Waals surface area contributed by atoms with Crippen LogP contribution in [0.15, 0.2) is 30.3 Å². The largest absolute Gasteiger partial charge is 0.303 e. The topological polar surface area (TPSA) is 15.3 Å². The fourth-order valence-electron chi connectivity index (χ4n) is 2.89. The van der Waals surface area contributed by atoms with E-state index in [-0.39, 0.29) is 0 Å². The van der Waals surface area contributed by atoms with E-state index in [9.17, 15) is 0 Å². The van der Waals surface area contributed by atoms with Gasteiger partial charge in [-0.25, -0.2) is 0 Å². The monoisotopic (exact) mass is 218 g/mol. The van der Waals surface area contributed by atoms with Crippen molar-refractivity contribution in [3.05, 3.63) is 35.9 Å². The summed E-state index contributed by atoms with van der Waals surface area (Å²) in [6.07, 6.45) is 2.50. The van der Waals surface area contributed by atoms with Crippen LogP contribution >= 0.6 is 0 Å². The maximum Gasteiger partial charge on any atom is 0.0478 e. The molecular weight excluding hydrogens is 196 g/mol. The van der Waals surface area contributed by atoms with Gasteiger partial charge in [0.15, 0.2) is 0 Å². The van der Waals surface area contributed by atoms with Gasteiger partial charge in [-0.05, 0) is 19.0 Å². The van der Waals surface area contributed by atoms with Crippen LogP contribution in [0.25, 0.3) is 0 Å². The average molecular weight is 218 g/mol. The van der Waals surface area contributed by atoms with Gasteiger partial charge in [0, 0.05) is 25.2 Å². The molecule has 1 saturated heterocycles. The molecule has 1 N–H and O–H groups in total. The van der Waals surface area contributed by atoms with Crippen LogP contribution in [0.3, 0.4) is 0 Å². The van der Waals surface area contributed by atoms with Crippen LogP contribution in [0.5, 0.6) is 0 Å². The van der Waals surface area contributed by atoms with Crippen molar-refractivity contribution in [2.75, 3.05) is 26.8 Å². The van der Waals surface area contributed by atoms with Crippen molar-refractivity contribution in [1.29, 1.82) is 0 Å². The molecule has 1 aromatic carbocycles. The van der Waals surface area contributed by atoms with Crippen LogP contribution < -0.4 is 5.32 Å². The van der Waals surface area contributed by atoms with Crippen molar-refractivity contribution < 1.29 is 0 Å². The normalized spacial score (nSPS) is 26.9. The molecule has 0 aromatic heterocycles. The number of benzene rings is 1. The molecule has 16 heavy (non-hydrogen) atoms. The summed E-state index contributed by atoms with van der Waals surface area (Å²) < 4.78 is 0. The highest BCUT2D eigenvalue weighted by Crippen LogP contribution is 2.31. The lowest BCUT2D eigenvalue weighted by molar-refractivity contribution is 0.160. The Labute approximate surface area is 98.7 Å². The number of nitrogens with one attached hydrogen (secondary N) is 1. The maximum absolute atomic E-state index is 3.53. The molecule has 0 unspecified atom stereocenters. The van der Waals surface area contributed by atoms with E-state index in [4.69, 9.17) is 0 Å². The first-order valence-corrected chi connectivity index (χ1v) is 6.22. The van der Waals surface area contributed by atoms with Crippen LogP contribution in [0, 0.1) is 0 Å². The van der Waals surface area contributed by atoms with E-state index < -0.39 is 0 Å². The Kier molecular flexibility index (Phi) is 3.62. The predicted molar refractivity (Wildman–Crippen MR) is 68.5 cm³/mol. The first kappa shape index (κ1) is 11.6. The second-order valence-corrected chi connectivity index (χ2v) is 5.00. The van der Waals surface area contributed by atoms with Crippen molar-refractivity contribution in [3.8, 4) is 0 Å². The molecule has 0 spiro atoms. The molecule has 2 heteroatoms. The third-order valence-corrected chi connectivity index (χ3v) is 3.53. The first-order valence-electron chi connectivity index (χ1n) is 6.22. The predicted octanol–water partition coefficient (Wildman–Crippen LogP) is 2.22. The molecule has 1 atom stereocenters. The molecule has 1 fully saturated rings. The summed E-state index contributed by atoms with van der Waals surface area (Å²) in [5.41, 5.74) is 1.79. The lowest BCUT2D eigenvalue weighted by atomic mass is 9.75. The van der Waals surface area contributed by atoms with E-state index >= 15 is 0 Å². The third-order valence-electron chi connectivity index (χ3n) is 3.53. The summed E-state index contributed by atoms with van der Waals surface area (Å²) in [4.78, 5) is 2.38. The van der Waals surface area contributed by atoms with Gasteiger partial charge in [0.2, 0.25) is 0 Å². The molecule has 88 valence electrons. The highest BCUT2D eigenvalue weighted by molar-refractivity contribution is 5.27. The lowest BCUT2D eigenvalue weighted by Gasteiger charge is -2.42. The molecule has 0 aliphatic carbocycles. The summed E-state index contributed by atoms with van der Waals surface area (Å²) in [6, 6.07) is 11.0. The molecule has 0 saturated carbocycles. The molecule has 2 rings (SSSR count). The van der Waals surface area contributed by atoms with Gasteiger partial charge in [-0.2, -0.15) is 0 Å². The van der Waals surface area contributed by atoms with E-state index in [1.807, 2.05) is 0 Å². The van der Waals surface area contributed by atoms with Crippen molar-refractivity contribution in [1.82, 2.24) is 10.2 Å². The molecule has 1 aliphatic rings. The van der Waals surface area contributed by atoms with Gasteiger partial charge >= 0.3 is 0 Å². The standard InChI is InChI=1S/C14H22N2/c1-3-9-14(10-15-12-16(2)11-14)13-7-5-4-6-8-13/h4-8,15H,3,9-12H2,1-2H3/t14-/m0/s1. The van der Waals surface area contributed by atoms with Crippen molar-refractivity contribution in [2.45, 2.75) is 25.2 Å². The second kappa shape index (κ2) is 4.98. The minimum Gasteiger partial charge on any atom is -0.303 e. The van der Waals surface area contributed by atoms with E-state index in [1.54, 1.807) is 0 Å². The van der Waals surface area contributed by atoms with Crippen LogP contribution in [-0.2, 0) is 5.41 Å². The Morgan fingerprint density at radius 1 is 1.31 bits per heavy atom. The summed E-state index contributed by atoms with van der Waals surface area (Å²) in [7, 11) is 2.19. The minimum atomic E-state index is 0.309. The second-order valence-electron chi connectivity index (χ2n) is 5.00. The number of rotatable bonds is 3. The molecule has 0 radical (unpaired) electrons. The van der Waals surface area contributed by atoms with Crippen molar-refractivity contribution >= 4 is 0 Å². The number of likely N-dealkylation sites (N-methyl/N-ethyl adjacent to an activating group) is 1. The van der Waals surface area contributed by atoms with Gasteiger partial charge in [0.25, 0.3) is 0 Å². The van der Waals surface area contributed by atoms with Gasteiger partial charge in [-0.1, -0.05) is 43.7 Å². The van der Waals surface area contributed by atoms with Crippen molar-refractivity contribution in [2.24, 2.45) is 0 Å². The van der Waals surface area contributed by atoms with Gasteiger partial charge in [0.1, 0.15) is 0 Å². The maximum atomic E-state index is 3.53. The van der Waals surface area contributed by atoms with E-state index in [0.717, 1.165) is 19.8 Å². The van der Waals surface area contributed by atoms with Crippen LogP contribution in [0.2, 0.25) is 0 Å². The Morgan fingerprint density at radius 3 is 2.69 bits per heavy atom. The Balaban J connectivity index is 2.27. The minimum absolute atomic E-state index is 0.309. The first-order chi connectivity index (χ1) is 7.77. The summed E-state index contributed by atoms with van der Waals surface area (Å²) in [5.74, 6) is 0. The SMILES string of the molecule is CCC[C@]1(c2ccccc2)CNCN(C)C1. The van der Waals surface area contributed by atoms with E-state index in [0.29, 0.717) is 5.41 Å². The van der Waals surface area contributed by atoms with Gasteiger partial charge < -0.3 is 5.32 Å². The number of hydrogen-bond donors (Lipinski definition) is 1. The van der Waals surface area contributed by atoms with Gasteiger partial charge in [0.05, 0.1) is 0 Å². The summed E-state index contributed by atoms with van der Waals surface area (Å²) >= 11 is 0. The van der Waals surface area contributed by atoms with Crippen LogP contribution in [-0.4, -0.2) is 31.7 Å². The number of nitrogens with zero attached hydrogens (tertiary/aromatic N) is 1. The Bertz CT molecular complexity index is 319. The lowest BCUT2D eigenvalue weighted by Crippen LogP contribution is -2.54. The third kappa shape index (κ3) is 2.28. The van der Waals surface area contributed by atoms with Gasteiger partial charge in [-0.3, -0.25) is 4.90 Å². The molecular formula is C14H22N2. The fraction of sp³-hybridized carbons (Fsp3) is 0.571. The zero-order valence-corrected chi connectivity index (χ0v) is 10.4. The summed E-state index contributed by atoms with van der Waals surface area (Å²) in [6.45, 7) is 5.56. The Hall–Kier alpha value is -0.860. The fourth-order valence-corrected chi connectivity index (χ4v) is 2.89. The molecule has 1 aromatic rings. The van der Waals surface area contributed by atoms with Gasteiger partial charge in [-0.15, -0.1) is 0 Å². The highest BCUT2D eigenvalue weighted by Gasteiger charge is 2.34. The molecule has 0 amide bonds. The molecule has 1 aliphatic heterocycles. The van der Waals surface area contributed by atoms with E-state index in [1.165, 1.54) is 18.4 Å². The molecule has 1 heterocycles. The average Bonchev–Trinajstić information content (AvgIpc) is 2.31. The zero-order valence-electron chi connectivity index (χ0n) is 10.4. The molecule has 2 nitrogen and oxygen atoms in total. The zero-order chi connectivity index (χ0) is 11.4. The quantitative estimate of drug-likeness (QED) is 0.837. The van der Waals surface area contributed by atoms with E-state index in [2.05, 4.69) is 54.5 Å². The molecule has 0 bridgehead atoms. The Morgan fingerprint density at radius 2 is 2.06 bits per heavy atom. The van der Waals surface area contributed by atoms with Crippen LogP contribution in [0.1, 0.15) is 25.3 Å². The van der Waals surface area contributed by atoms with Crippen LogP contribution in [0.4, 0.5) is 0 Å².